The molecule has 0 radical (unpaired) electrons. The maximum absolute atomic E-state index is 12.6. The van der Waals surface area contributed by atoms with Gasteiger partial charge in [-0.2, -0.15) is 13.2 Å². The second kappa shape index (κ2) is 5.59. The summed E-state index contributed by atoms with van der Waals surface area (Å²) in [5.74, 6) is 0. The second-order valence-corrected chi connectivity index (χ2v) is 4.18. The molecule has 0 N–H and O–H groups in total. The molecule has 0 atom stereocenters. The second-order valence-electron chi connectivity index (χ2n) is 4.18. The molecular formula is C15H18F3N. The number of nitrogens with zero attached hydrogens (tertiary/aromatic N) is 1. The molecule has 0 spiro atoms. The molecule has 19 heavy (non-hydrogen) atoms. The van der Waals surface area contributed by atoms with Crippen LogP contribution in [0.5, 0.6) is 0 Å². The highest BCUT2D eigenvalue weighted by Gasteiger charge is 2.30. The van der Waals surface area contributed by atoms with Gasteiger partial charge < -0.3 is 0 Å². The average Bonchev–Trinajstić information content (AvgIpc) is 2.37. The van der Waals surface area contributed by atoms with Gasteiger partial charge in [0.2, 0.25) is 0 Å². The van der Waals surface area contributed by atoms with E-state index >= 15 is 0 Å². The first-order valence-electron chi connectivity index (χ1n) is 6.25. The lowest BCUT2D eigenvalue weighted by atomic mass is 10.0. The fourth-order valence-electron chi connectivity index (χ4n) is 1.86. The molecule has 1 heterocycles. The zero-order valence-corrected chi connectivity index (χ0v) is 11.8. The monoisotopic (exact) mass is 269 g/mol. The SMILES string of the molecule is CC.Cc1nc2cc(C(F)(F)F)ccc2c(C)c1C. The maximum Gasteiger partial charge on any atom is 0.416 e. The minimum atomic E-state index is -4.32. The Bertz CT molecular complexity index is 586. The third-order valence-corrected chi connectivity index (χ3v) is 3.12. The zero-order chi connectivity index (χ0) is 14.8. The van der Waals surface area contributed by atoms with E-state index in [0.717, 1.165) is 34.3 Å². The number of aryl methyl sites for hydroxylation is 2. The van der Waals surface area contributed by atoms with Crippen LogP contribution in [-0.4, -0.2) is 4.98 Å². The van der Waals surface area contributed by atoms with Gasteiger partial charge in [-0.05, 0) is 44.0 Å². The average molecular weight is 269 g/mol. The van der Waals surface area contributed by atoms with Crippen LogP contribution in [0.2, 0.25) is 0 Å². The first-order chi connectivity index (χ1) is 8.80. The van der Waals surface area contributed by atoms with Crippen molar-refractivity contribution in [1.29, 1.82) is 0 Å². The van der Waals surface area contributed by atoms with Crippen molar-refractivity contribution < 1.29 is 13.2 Å². The van der Waals surface area contributed by atoms with Gasteiger partial charge in [-0.3, -0.25) is 4.98 Å². The molecule has 0 bridgehead atoms. The van der Waals surface area contributed by atoms with E-state index in [1.165, 1.54) is 6.07 Å². The molecule has 0 saturated carbocycles. The summed E-state index contributed by atoms with van der Waals surface area (Å²) < 4.78 is 37.7. The number of alkyl halides is 3. The van der Waals surface area contributed by atoms with E-state index in [1.807, 2.05) is 34.6 Å². The molecular weight excluding hydrogens is 251 g/mol. The smallest absolute Gasteiger partial charge is 0.253 e. The molecule has 1 aromatic carbocycles. The van der Waals surface area contributed by atoms with Crippen molar-refractivity contribution in [2.45, 2.75) is 40.8 Å². The van der Waals surface area contributed by atoms with Crippen molar-refractivity contribution in [3.63, 3.8) is 0 Å². The third kappa shape index (κ3) is 3.06. The summed E-state index contributed by atoms with van der Waals surface area (Å²) in [6.45, 7) is 9.64. The minimum Gasteiger partial charge on any atom is -0.253 e. The first kappa shape index (κ1) is 15.5. The van der Waals surface area contributed by atoms with Crippen molar-refractivity contribution in [1.82, 2.24) is 4.98 Å². The Balaban J connectivity index is 0.000000861. The number of halogens is 3. The zero-order valence-electron chi connectivity index (χ0n) is 11.8. The highest BCUT2D eigenvalue weighted by molar-refractivity contribution is 5.84. The lowest BCUT2D eigenvalue weighted by Gasteiger charge is -2.11. The van der Waals surface area contributed by atoms with E-state index in [0.29, 0.717) is 5.52 Å². The van der Waals surface area contributed by atoms with Gasteiger partial charge in [-0.1, -0.05) is 19.9 Å². The van der Waals surface area contributed by atoms with Crippen LogP contribution in [0, 0.1) is 20.8 Å². The van der Waals surface area contributed by atoms with E-state index < -0.39 is 11.7 Å². The number of pyridine rings is 1. The Kier molecular flexibility index (Phi) is 4.56. The molecule has 2 aromatic rings. The number of aromatic nitrogens is 1. The molecule has 4 heteroatoms. The molecule has 104 valence electrons. The summed E-state index contributed by atoms with van der Waals surface area (Å²) in [6, 6.07) is 3.70. The topological polar surface area (TPSA) is 12.9 Å². The molecule has 0 aliphatic rings. The normalized spacial score (nSPS) is 11.2. The number of benzene rings is 1. The molecule has 1 nitrogen and oxygen atoms in total. The Morgan fingerprint density at radius 1 is 0.947 bits per heavy atom. The molecule has 0 aliphatic carbocycles. The largest absolute Gasteiger partial charge is 0.416 e. The standard InChI is InChI=1S/C13H12F3N.C2H6/c1-7-8(2)11-5-4-10(13(14,15)16)6-12(11)17-9(7)3;1-2/h4-6H,1-3H3;1-2H3. The predicted molar refractivity (Wildman–Crippen MR) is 72.3 cm³/mol. The number of hydrogen-bond acceptors (Lipinski definition) is 1. The van der Waals surface area contributed by atoms with Crippen molar-refractivity contribution in [2.24, 2.45) is 0 Å². The Hall–Kier alpha value is -1.58. The van der Waals surface area contributed by atoms with Gasteiger partial charge in [-0.25, -0.2) is 0 Å². The predicted octanol–water partition coefficient (Wildman–Crippen LogP) is 5.21. The van der Waals surface area contributed by atoms with E-state index in [1.54, 1.807) is 0 Å². The van der Waals surface area contributed by atoms with Crippen molar-refractivity contribution in [2.75, 3.05) is 0 Å². The fraction of sp³-hybridized carbons (Fsp3) is 0.400. The summed E-state index contributed by atoms with van der Waals surface area (Å²) >= 11 is 0. The van der Waals surface area contributed by atoms with Crippen molar-refractivity contribution >= 4 is 10.9 Å². The Morgan fingerprint density at radius 2 is 1.53 bits per heavy atom. The van der Waals surface area contributed by atoms with Crippen LogP contribution in [0.15, 0.2) is 18.2 Å². The molecule has 0 unspecified atom stereocenters. The van der Waals surface area contributed by atoms with Crippen LogP contribution < -0.4 is 0 Å². The Morgan fingerprint density at radius 3 is 2.05 bits per heavy atom. The number of rotatable bonds is 0. The Labute approximate surface area is 111 Å². The van der Waals surface area contributed by atoms with Crippen LogP contribution in [0.1, 0.15) is 36.2 Å². The summed E-state index contributed by atoms with van der Waals surface area (Å²) in [4.78, 5) is 4.21. The van der Waals surface area contributed by atoms with Gasteiger partial charge in [0.15, 0.2) is 0 Å². The molecule has 0 amide bonds. The summed E-state index contributed by atoms with van der Waals surface area (Å²) in [7, 11) is 0. The quantitative estimate of drug-likeness (QED) is 0.640. The van der Waals surface area contributed by atoms with Gasteiger partial charge >= 0.3 is 6.18 Å². The van der Waals surface area contributed by atoms with Gasteiger partial charge in [-0.15, -0.1) is 0 Å². The van der Waals surface area contributed by atoms with Gasteiger partial charge in [0.25, 0.3) is 0 Å². The first-order valence-corrected chi connectivity index (χ1v) is 6.25. The molecule has 1 aromatic heterocycles. The molecule has 2 rings (SSSR count). The van der Waals surface area contributed by atoms with Gasteiger partial charge in [0, 0.05) is 11.1 Å². The third-order valence-electron chi connectivity index (χ3n) is 3.12. The van der Waals surface area contributed by atoms with E-state index in [4.69, 9.17) is 0 Å². The molecule has 0 fully saturated rings. The highest BCUT2D eigenvalue weighted by Crippen LogP contribution is 2.32. The highest BCUT2D eigenvalue weighted by atomic mass is 19.4. The van der Waals surface area contributed by atoms with Crippen LogP contribution in [0.4, 0.5) is 13.2 Å². The lowest BCUT2D eigenvalue weighted by molar-refractivity contribution is -0.137. The summed E-state index contributed by atoms with van der Waals surface area (Å²) in [5, 5.41) is 0.779. The van der Waals surface area contributed by atoms with E-state index in [9.17, 15) is 13.2 Å². The summed E-state index contributed by atoms with van der Waals surface area (Å²) in [5.41, 5.74) is 2.54. The van der Waals surface area contributed by atoms with Crippen LogP contribution >= 0.6 is 0 Å². The van der Waals surface area contributed by atoms with Gasteiger partial charge in [0.1, 0.15) is 0 Å². The van der Waals surface area contributed by atoms with Crippen molar-refractivity contribution in [3.05, 3.63) is 40.6 Å². The molecule has 0 saturated heterocycles. The number of fused-ring (bicyclic) bond motifs is 1. The summed E-state index contributed by atoms with van der Waals surface area (Å²) in [6.07, 6.45) is -4.32. The van der Waals surface area contributed by atoms with Crippen LogP contribution in [0.3, 0.4) is 0 Å². The number of hydrogen-bond donors (Lipinski definition) is 0. The lowest BCUT2D eigenvalue weighted by Crippen LogP contribution is -2.05. The van der Waals surface area contributed by atoms with Gasteiger partial charge in [0.05, 0.1) is 11.1 Å². The van der Waals surface area contributed by atoms with Crippen LogP contribution in [0.25, 0.3) is 10.9 Å². The fourth-order valence-corrected chi connectivity index (χ4v) is 1.86. The van der Waals surface area contributed by atoms with E-state index in [2.05, 4.69) is 4.98 Å². The van der Waals surface area contributed by atoms with E-state index in [-0.39, 0.29) is 0 Å². The van der Waals surface area contributed by atoms with Crippen LogP contribution in [-0.2, 0) is 6.18 Å². The van der Waals surface area contributed by atoms with Crippen molar-refractivity contribution in [3.8, 4) is 0 Å². The maximum atomic E-state index is 12.6. The minimum absolute atomic E-state index is 0.403. The molecule has 0 aliphatic heterocycles.